The zero-order chi connectivity index (χ0) is 18.9. The van der Waals surface area contributed by atoms with Crippen LogP contribution in [0.2, 0.25) is 0 Å². The molecule has 1 saturated heterocycles. The summed E-state index contributed by atoms with van der Waals surface area (Å²) in [7, 11) is -5.20. The van der Waals surface area contributed by atoms with Gasteiger partial charge in [-0.3, -0.25) is 9.00 Å². The second-order valence-corrected chi connectivity index (χ2v) is 9.37. The first-order valence-corrected chi connectivity index (χ1v) is 11.5. The molecule has 7 nitrogen and oxygen atoms in total. The van der Waals surface area contributed by atoms with Crippen LogP contribution >= 0.6 is 0 Å². The number of ether oxygens (including phenoxy) is 1. The molecule has 0 aliphatic carbocycles. The van der Waals surface area contributed by atoms with Crippen LogP contribution in [0, 0.1) is 0 Å². The summed E-state index contributed by atoms with van der Waals surface area (Å²) >= 11 is 0. The van der Waals surface area contributed by atoms with Crippen molar-refractivity contribution in [3.8, 4) is 0 Å². The van der Waals surface area contributed by atoms with E-state index in [4.69, 9.17) is 4.74 Å². The number of carbonyl (C=O) groups excluding carboxylic acids is 1. The number of hydrogen-bond acceptors (Lipinski definition) is 5. The molecule has 1 aliphatic rings. The Morgan fingerprint density at radius 1 is 1.31 bits per heavy atom. The number of para-hydroxylation sites is 1. The molecule has 1 aromatic carbocycles. The lowest BCUT2D eigenvalue weighted by Gasteiger charge is -2.26. The lowest BCUT2D eigenvalue weighted by atomic mass is 10.1. The zero-order valence-corrected chi connectivity index (χ0v) is 16.4. The lowest BCUT2D eigenvalue weighted by Crippen LogP contribution is -2.41. The van der Waals surface area contributed by atoms with Crippen LogP contribution in [0.4, 0.5) is 0 Å². The highest BCUT2D eigenvalue weighted by Crippen LogP contribution is 2.33. The number of carbonyl (C=O) groups is 1. The van der Waals surface area contributed by atoms with Crippen molar-refractivity contribution < 1.29 is 22.2 Å². The third-order valence-electron chi connectivity index (χ3n) is 4.38. The second kappa shape index (κ2) is 7.59. The Morgan fingerprint density at radius 2 is 2.00 bits per heavy atom. The molecule has 0 radical (unpaired) electrons. The van der Waals surface area contributed by atoms with Gasteiger partial charge in [0, 0.05) is 31.2 Å². The Hall–Kier alpha value is -1.55. The molecule has 142 valence electrons. The molecule has 2 aromatic rings. The predicted octanol–water partition coefficient (Wildman–Crippen LogP) is 1.91. The van der Waals surface area contributed by atoms with Crippen LogP contribution in [0.1, 0.15) is 30.3 Å². The van der Waals surface area contributed by atoms with E-state index in [2.05, 4.69) is 4.98 Å². The fourth-order valence-corrected chi connectivity index (χ4v) is 5.62. The minimum absolute atomic E-state index is 0.0137. The lowest BCUT2D eigenvalue weighted by molar-refractivity contribution is 0.0730. The van der Waals surface area contributed by atoms with Gasteiger partial charge in [-0.1, -0.05) is 19.1 Å². The molecule has 3 rings (SSSR count). The largest absolute Gasteiger partial charge is 0.379 e. The Kier molecular flexibility index (Phi) is 5.61. The van der Waals surface area contributed by atoms with Crippen molar-refractivity contribution in [1.29, 1.82) is 0 Å². The second-order valence-electron chi connectivity index (χ2n) is 6.15. The van der Waals surface area contributed by atoms with Crippen molar-refractivity contribution in [3.05, 3.63) is 23.9 Å². The number of hydrogen-bond donors (Lipinski definition) is 1. The SMILES string of the molecule is CCCC(=O)c1[nH]c2c(S(C)=O)cccc2c1S(=O)(=O)N1CCOCC1. The van der Waals surface area contributed by atoms with Crippen LogP contribution in [0.3, 0.4) is 0 Å². The summed E-state index contributed by atoms with van der Waals surface area (Å²) in [6, 6.07) is 4.99. The number of H-pyrrole nitrogens is 1. The van der Waals surface area contributed by atoms with Gasteiger partial charge in [0.05, 0.1) is 34.4 Å². The van der Waals surface area contributed by atoms with Gasteiger partial charge in [-0.05, 0) is 12.5 Å². The molecule has 1 aromatic heterocycles. The molecule has 0 amide bonds. The van der Waals surface area contributed by atoms with Gasteiger partial charge >= 0.3 is 0 Å². The van der Waals surface area contributed by atoms with Crippen molar-refractivity contribution in [2.75, 3.05) is 32.6 Å². The highest BCUT2D eigenvalue weighted by atomic mass is 32.2. The number of aromatic amines is 1. The molecule has 1 atom stereocenters. The topological polar surface area (TPSA) is 96.5 Å². The summed E-state index contributed by atoms with van der Waals surface area (Å²) in [5, 5.41) is 0.406. The van der Waals surface area contributed by atoms with E-state index < -0.39 is 20.8 Å². The van der Waals surface area contributed by atoms with Gasteiger partial charge in [0.2, 0.25) is 10.0 Å². The number of Topliss-reactive ketones (excluding diaryl/α,β-unsaturated/α-hetero) is 1. The maximum atomic E-state index is 13.3. The van der Waals surface area contributed by atoms with Crippen molar-refractivity contribution in [1.82, 2.24) is 9.29 Å². The molecule has 26 heavy (non-hydrogen) atoms. The summed E-state index contributed by atoms with van der Waals surface area (Å²) < 4.78 is 45.2. The number of aromatic nitrogens is 1. The van der Waals surface area contributed by atoms with Gasteiger partial charge in [0.25, 0.3) is 0 Å². The van der Waals surface area contributed by atoms with E-state index in [0.29, 0.717) is 35.4 Å². The Morgan fingerprint density at radius 3 is 2.62 bits per heavy atom. The molecule has 1 aliphatic heterocycles. The van der Waals surface area contributed by atoms with E-state index in [9.17, 15) is 17.4 Å². The molecule has 1 fully saturated rings. The summed E-state index contributed by atoms with van der Waals surface area (Å²) in [4.78, 5) is 16.1. The third-order valence-corrected chi connectivity index (χ3v) is 7.33. The van der Waals surface area contributed by atoms with Gasteiger partial charge < -0.3 is 9.72 Å². The smallest absolute Gasteiger partial charge is 0.246 e. The van der Waals surface area contributed by atoms with Crippen LogP contribution in [-0.2, 0) is 25.6 Å². The minimum atomic E-state index is -3.88. The predicted molar refractivity (Wildman–Crippen MR) is 99.4 cm³/mol. The quantitative estimate of drug-likeness (QED) is 0.750. The molecule has 9 heteroatoms. The van der Waals surface area contributed by atoms with Crippen LogP contribution in [-0.4, -0.2) is 60.3 Å². The molecule has 1 unspecified atom stereocenters. The number of morpholine rings is 1. The normalized spacial score (nSPS) is 17.5. The number of nitrogens with one attached hydrogen (secondary N) is 1. The fraction of sp³-hybridized carbons (Fsp3) is 0.471. The van der Waals surface area contributed by atoms with Crippen molar-refractivity contribution in [3.63, 3.8) is 0 Å². The van der Waals surface area contributed by atoms with E-state index in [0.717, 1.165) is 0 Å². The van der Waals surface area contributed by atoms with Gasteiger partial charge in [-0.15, -0.1) is 0 Å². The number of sulfonamides is 1. The summed E-state index contributed by atoms with van der Waals surface area (Å²) in [5.74, 6) is -0.261. The van der Waals surface area contributed by atoms with E-state index in [1.807, 2.05) is 6.92 Å². The maximum Gasteiger partial charge on any atom is 0.246 e. The van der Waals surface area contributed by atoms with Crippen LogP contribution < -0.4 is 0 Å². The molecule has 0 saturated carbocycles. The average molecular weight is 399 g/mol. The first kappa shape index (κ1) is 19.2. The van der Waals surface area contributed by atoms with E-state index in [-0.39, 0.29) is 35.9 Å². The number of nitrogens with zero attached hydrogens (tertiary/aromatic N) is 1. The first-order chi connectivity index (χ1) is 12.4. The van der Waals surface area contributed by atoms with Gasteiger partial charge in [0.15, 0.2) is 5.78 Å². The van der Waals surface area contributed by atoms with Crippen LogP contribution in [0.25, 0.3) is 10.9 Å². The zero-order valence-electron chi connectivity index (χ0n) is 14.8. The average Bonchev–Trinajstić information content (AvgIpc) is 3.03. The van der Waals surface area contributed by atoms with E-state index in [1.54, 1.807) is 18.2 Å². The highest BCUT2D eigenvalue weighted by Gasteiger charge is 2.34. The molecule has 0 bridgehead atoms. The summed E-state index contributed by atoms with van der Waals surface area (Å²) in [5.41, 5.74) is 0.519. The number of ketones is 1. The van der Waals surface area contributed by atoms with Crippen LogP contribution in [0.5, 0.6) is 0 Å². The van der Waals surface area contributed by atoms with Crippen molar-refractivity contribution in [2.45, 2.75) is 29.6 Å². The van der Waals surface area contributed by atoms with Gasteiger partial charge in [-0.2, -0.15) is 4.31 Å². The van der Waals surface area contributed by atoms with Crippen molar-refractivity contribution >= 4 is 37.5 Å². The number of fused-ring (bicyclic) bond motifs is 1. The third kappa shape index (κ3) is 3.36. The van der Waals surface area contributed by atoms with Gasteiger partial charge in [-0.25, -0.2) is 8.42 Å². The Bertz CT molecular complexity index is 959. The minimum Gasteiger partial charge on any atom is -0.379 e. The molecule has 0 spiro atoms. The van der Waals surface area contributed by atoms with E-state index >= 15 is 0 Å². The molecule has 1 N–H and O–H groups in total. The molecular formula is C17H22N2O5S2. The fourth-order valence-electron chi connectivity index (χ4n) is 3.14. The van der Waals surface area contributed by atoms with Crippen molar-refractivity contribution in [2.24, 2.45) is 0 Å². The molecular weight excluding hydrogens is 376 g/mol. The monoisotopic (exact) mass is 398 g/mol. The van der Waals surface area contributed by atoms with Gasteiger partial charge in [0.1, 0.15) is 10.6 Å². The highest BCUT2D eigenvalue weighted by molar-refractivity contribution is 7.89. The molecule has 2 heterocycles. The standard InChI is InChI=1S/C17H22N2O5S2/c1-3-5-13(20)16-17(26(22,23)19-8-10-24-11-9-19)12-6-4-7-14(25(2)21)15(12)18-16/h4,6-7,18H,3,5,8-11H2,1-2H3. The number of benzene rings is 1. The number of rotatable bonds is 6. The Balaban J connectivity index is 2.27. The summed E-state index contributed by atoms with van der Waals surface area (Å²) in [6.07, 6.45) is 2.38. The Labute approximate surface area is 155 Å². The van der Waals surface area contributed by atoms with E-state index in [1.165, 1.54) is 10.6 Å². The maximum absolute atomic E-state index is 13.3. The summed E-state index contributed by atoms with van der Waals surface area (Å²) in [6.45, 7) is 3.00. The van der Waals surface area contributed by atoms with Crippen LogP contribution in [0.15, 0.2) is 28.0 Å². The first-order valence-electron chi connectivity index (χ1n) is 8.47.